The van der Waals surface area contributed by atoms with Crippen molar-refractivity contribution in [1.29, 1.82) is 0 Å². The summed E-state index contributed by atoms with van der Waals surface area (Å²) in [4.78, 5) is 15.9. The van der Waals surface area contributed by atoms with Gasteiger partial charge in [0.1, 0.15) is 12.1 Å². The summed E-state index contributed by atoms with van der Waals surface area (Å²) in [5.74, 6) is -0.250. The summed E-state index contributed by atoms with van der Waals surface area (Å²) in [6, 6.07) is 5.46. The van der Waals surface area contributed by atoms with Crippen LogP contribution < -0.4 is 5.32 Å². The first-order valence-electron chi connectivity index (χ1n) is 7.29. The van der Waals surface area contributed by atoms with Crippen LogP contribution in [0.3, 0.4) is 0 Å². The normalized spacial score (nSPS) is 11.6. The predicted octanol–water partition coefficient (Wildman–Crippen LogP) is 0.614. The van der Waals surface area contributed by atoms with Crippen molar-refractivity contribution in [1.82, 2.24) is 24.8 Å². The Bertz CT molecular complexity index is 781. The van der Waals surface area contributed by atoms with Crippen molar-refractivity contribution in [3.8, 4) is 0 Å². The summed E-state index contributed by atoms with van der Waals surface area (Å²) in [6.07, 6.45) is 2.42. The van der Waals surface area contributed by atoms with E-state index in [2.05, 4.69) is 20.5 Å². The molecule has 0 aliphatic rings. The predicted molar refractivity (Wildman–Crippen MR) is 91.8 cm³/mol. The summed E-state index contributed by atoms with van der Waals surface area (Å²) in [7, 11) is -3.58. The van der Waals surface area contributed by atoms with Crippen LogP contribution >= 0.6 is 11.8 Å². The molecule has 0 spiro atoms. The molecule has 8 nitrogen and oxygen atoms in total. The van der Waals surface area contributed by atoms with Gasteiger partial charge in [-0.25, -0.2) is 17.8 Å². The van der Waals surface area contributed by atoms with E-state index in [1.807, 2.05) is 0 Å². The van der Waals surface area contributed by atoms with E-state index in [9.17, 15) is 17.6 Å². The second-order valence-corrected chi connectivity index (χ2v) is 8.21. The number of thioether (sulfide) groups is 1. The van der Waals surface area contributed by atoms with Crippen molar-refractivity contribution in [2.45, 2.75) is 11.7 Å². The lowest BCUT2D eigenvalue weighted by Gasteiger charge is -2.19. The molecule has 1 aromatic carbocycles. The topological polar surface area (TPSA) is 108 Å². The Balaban J connectivity index is 1.83. The zero-order valence-electron chi connectivity index (χ0n) is 13.5. The molecule has 0 radical (unpaired) electrons. The van der Waals surface area contributed by atoms with Crippen molar-refractivity contribution in [3.05, 3.63) is 42.0 Å². The molecule has 1 aromatic heterocycles. The highest BCUT2D eigenvalue weighted by molar-refractivity contribution is 7.99. The number of aromatic amines is 1. The van der Waals surface area contributed by atoms with Crippen LogP contribution in [-0.2, 0) is 21.4 Å². The number of amides is 1. The van der Waals surface area contributed by atoms with Crippen LogP contribution in [0, 0.1) is 5.82 Å². The van der Waals surface area contributed by atoms with E-state index in [4.69, 9.17) is 0 Å². The molecule has 2 N–H and O–H groups in total. The van der Waals surface area contributed by atoms with Crippen LogP contribution in [0.25, 0.3) is 0 Å². The maximum Gasteiger partial charge on any atom is 0.235 e. The number of hydrogen-bond acceptors (Lipinski definition) is 6. The lowest BCUT2D eigenvalue weighted by atomic mass is 10.2. The molecule has 1 amide bonds. The summed E-state index contributed by atoms with van der Waals surface area (Å²) < 4.78 is 37.7. The Kier molecular flexibility index (Phi) is 6.91. The van der Waals surface area contributed by atoms with E-state index in [-0.39, 0.29) is 13.1 Å². The fraction of sp³-hybridized carbons (Fsp3) is 0.357. The average molecular weight is 387 g/mol. The third-order valence-electron chi connectivity index (χ3n) is 3.12. The van der Waals surface area contributed by atoms with Crippen LogP contribution in [0.1, 0.15) is 5.56 Å². The number of halogens is 1. The minimum atomic E-state index is -3.58. The molecule has 0 saturated heterocycles. The Morgan fingerprint density at radius 3 is 2.68 bits per heavy atom. The van der Waals surface area contributed by atoms with Gasteiger partial charge in [0.2, 0.25) is 15.9 Å². The largest absolute Gasteiger partial charge is 0.354 e. The molecule has 136 valence electrons. The van der Waals surface area contributed by atoms with Gasteiger partial charge in [0.25, 0.3) is 0 Å². The minimum Gasteiger partial charge on any atom is -0.354 e. The van der Waals surface area contributed by atoms with Crippen molar-refractivity contribution in [2.75, 3.05) is 25.1 Å². The zero-order chi connectivity index (χ0) is 18.3. The van der Waals surface area contributed by atoms with Crippen LogP contribution in [0.15, 0.2) is 35.7 Å². The number of benzene rings is 1. The monoisotopic (exact) mass is 387 g/mol. The van der Waals surface area contributed by atoms with Crippen LogP contribution in [0.2, 0.25) is 0 Å². The SMILES string of the molecule is CS(=O)(=O)N(CC(=O)NCCSc1ncn[nH]1)Cc1ccc(F)cc1. The summed E-state index contributed by atoms with van der Waals surface area (Å²) in [5.41, 5.74) is 0.598. The number of carbonyl (C=O) groups excluding carboxylic acids is 1. The number of nitrogens with one attached hydrogen (secondary N) is 2. The molecule has 2 aromatic rings. The van der Waals surface area contributed by atoms with E-state index < -0.39 is 21.7 Å². The molecule has 0 atom stereocenters. The first-order valence-corrected chi connectivity index (χ1v) is 10.1. The summed E-state index contributed by atoms with van der Waals surface area (Å²) in [6.45, 7) is 0.0564. The molecule has 11 heteroatoms. The first kappa shape index (κ1) is 19.3. The third-order valence-corrected chi connectivity index (χ3v) is 5.19. The molecule has 1 heterocycles. The lowest BCUT2D eigenvalue weighted by molar-refractivity contribution is -0.121. The van der Waals surface area contributed by atoms with Crippen molar-refractivity contribution in [2.24, 2.45) is 0 Å². The first-order chi connectivity index (χ1) is 11.8. The van der Waals surface area contributed by atoms with E-state index in [1.165, 1.54) is 42.4 Å². The van der Waals surface area contributed by atoms with E-state index in [0.717, 1.165) is 10.6 Å². The number of rotatable bonds is 9. The maximum absolute atomic E-state index is 12.9. The summed E-state index contributed by atoms with van der Waals surface area (Å²) >= 11 is 1.39. The maximum atomic E-state index is 12.9. The molecule has 0 unspecified atom stereocenters. The molecule has 2 rings (SSSR count). The van der Waals surface area contributed by atoms with E-state index in [1.54, 1.807) is 0 Å². The van der Waals surface area contributed by atoms with Gasteiger partial charge < -0.3 is 5.32 Å². The van der Waals surface area contributed by atoms with Crippen LogP contribution in [-0.4, -0.2) is 58.9 Å². The van der Waals surface area contributed by atoms with Gasteiger partial charge in [-0.15, -0.1) is 0 Å². The number of H-pyrrole nitrogens is 1. The third kappa shape index (κ3) is 6.80. The van der Waals surface area contributed by atoms with Gasteiger partial charge >= 0.3 is 0 Å². The van der Waals surface area contributed by atoms with Crippen molar-refractivity contribution in [3.63, 3.8) is 0 Å². The second kappa shape index (κ2) is 8.92. The number of hydrogen-bond donors (Lipinski definition) is 2. The van der Waals surface area contributed by atoms with Crippen molar-refractivity contribution >= 4 is 27.7 Å². The van der Waals surface area contributed by atoms with E-state index >= 15 is 0 Å². The van der Waals surface area contributed by atoms with E-state index in [0.29, 0.717) is 23.0 Å². The smallest absolute Gasteiger partial charge is 0.235 e. The lowest BCUT2D eigenvalue weighted by Crippen LogP contribution is -2.40. The Morgan fingerprint density at radius 2 is 2.08 bits per heavy atom. The summed E-state index contributed by atoms with van der Waals surface area (Å²) in [5, 5.41) is 9.69. The molecule has 25 heavy (non-hydrogen) atoms. The average Bonchev–Trinajstić information content (AvgIpc) is 3.05. The van der Waals surface area contributed by atoms with Gasteiger partial charge in [-0.3, -0.25) is 9.89 Å². The second-order valence-electron chi connectivity index (χ2n) is 5.15. The highest BCUT2D eigenvalue weighted by Gasteiger charge is 2.20. The van der Waals surface area contributed by atoms with Crippen molar-refractivity contribution < 1.29 is 17.6 Å². The van der Waals surface area contributed by atoms with Gasteiger partial charge in [-0.2, -0.15) is 9.40 Å². The van der Waals surface area contributed by atoms with Crippen LogP contribution in [0.4, 0.5) is 4.39 Å². The van der Waals surface area contributed by atoms with Gasteiger partial charge in [0.15, 0.2) is 5.16 Å². The number of carbonyl (C=O) groups is 1. The Labute approximate surface area is 149 Å². The fourth-order valence-corrected chi connectivity index (χ4v) is 3.27. The van der Waals surface area contributed by atoms with Gasteiger partial charge in [0, 0.05) is 18.8 Å². The Morgan fingerprint density at radius 1 is 1.36 bits per heavy atom. The van der Waals surface area contributed by atoms with Crippen LogP contribution in [0.5, 0.6) is 0 Å². The van der Waals surface area contributed by atoms with Gasteiger partial charge in [0.05, 0.1) is 12.8 Å². The molecule has 0 aliphatic heterocycles. The highest BCUT2D eigenvalue weighted by atomic mass is 32.2. The number of nitrogens with zero attached hydrogens (tertiary/aromatic N) is 3. The number of aromatic nitrogens is 3. The molecular weight excluding hydrogens is 369 g/mol. The van der Waals surface area contributed by atoms with Gasteiger partial charge in [-0.1, -0.05) is 23.9 Å². The molecule has 0 saturated carbocycles. The molecule has 0 bridgehead atoms. The fourth-order valence-electron chi connectivity index (χ4n) is 1.90. The Hall–Kier alpha value is -1.98. The quantitative estimate of drug-likeness (QED) is 0.482. The molecule has 0 fully saturated rings. The highest BCUT2D eigenvalue weighted by Crippen LogP contribution is 2.10. The number of sulfonamides is 1. The zero-order valence-corrected chi connectivity index (χ0v) is 15.1. The molecular formula is C14H18FN5O3S2. The molecule has 0 aliphatic carbocycles. The minimum absolute atomic E-state index is 0.000647. The standard InChI is InChI=1S/C14H18FN5O3S2/c1-25(22,23)20(8-11-2-4-12(15)5-3-11)9-13(21)16-6-7-24-14-17-10-18-19-14/h2-5,10H,6-9H2,1H3,(H,16,21)(H,17,18,19). The van der Waals surface area contributed by atoms with Gasteiger partial charge in [-0.05, 0) is 17.7 Å².